The van der Waals surface area contributed by atoms with Crippen molar-refractivity contribution in [2.24, 2.45) is 7.05 Å². The average Bonchev–Trinajstić information content (AvgIpc) is 2.73. The molecular weight excluding hydrogens is 289 g/mol. The highest BCUT2D eigenvalue weighted by molar-refractivity contribution is 7.92. The summed E-state index contributed by atoms with van der Waals surface area (Å²) in [7, 11) is -2.57. The minimum absolute atomic E-state index is 0.0363. The SMILES string of the molecule is Cn1ccc(NS(=O)(=O)c2ccc(C(=O)O)cc2F)n1. The fraction of sp³-hybridized carbons (Fsp3) is 0.0909. The van der Waals surface area contributed by atoms with Crippen LogP contribution in [0.5, 0.6) is 0 Å². The van der Waals surface area contributed by atoms with Crippen LogP contribution in [0.25, 0.3) is 0 Å². The number of anilines is 1. The van der Waals surface area contributed by atoms with Crippen molar-refractivity contribution in [3.05, 3.63) is 41.8 Å². The molecule has 0 spiro atoms. The van der Waals surface area contributed by atoms with Crippen LogP contribution in [-0.2, 0) is 17.1 Å². The summed E-state index contributed by atoms with van der Waals surface area (Å²) in [6, 6.07) is 3.96. The lowest BCUT2D eigenvalue weighted by molar-refractivity contribution is 0.0696. The Hall–Kier alpha value is -2.42. The number of benzene rings is 1. The van der Waals surface area contributed by atoms with E-state index in [4.69, 9.17) is 5.11 Å². The van der Waals surface area contributed by atoms with Gasteiger partial charge in [0.2, 0.25) is 0 Å². The molecule has 0 aliphatic heterocycles. The Kier molecular flexibility index (Phi) is 3.45. The van der Waals surface area contributed by atoms with Gasteiger partial charge in [0.05, 0.1) is 5.56 Å². The monoisotopic (exact) mass is 299 g/mol. The molecule has 7 nitrogen and oxygen atoms in total. The number of nitrogens with zero attached hydrogens (tertiary/aromatic N) is 2. The molecule has 1 aromatic carbocycles. The highest BCUT2D eigenvalue weighted by atomic mass is 32.2. The summed E-state index contributed by atoms with van der Waals surface area (Å²) >= 11 is 0. The van der Waals surface area contributed by atoms with E-state index in [2.05, 4.69) is 9.82 Å². The lowest BCUT2D eigenvalue weighted by Crippen LogP contribution is -2.15. The molecular formula is C11H10FN3O4S. The van der Waals surface area contributed by atoms with Crippen molar-refractivity contribution in [1.82, 2.24) is 9.78 Å². The summed E-state index contributed by atoms with van der Waals surface area (Å²) in [5.74, 6) is -2.45. The van der Waals surface area contributed by atoms with Crippen molar-refractivity contribution in [3.63, 3.8) is 0 Å². The maximum absolute atomic E-state index is 13.7. The van der Waals surface area contributed by atoms with Crippen LogP contribution in [0.15, 0.2) is 35.4 Å². The highest BCUT2D eigenvalue weighted by Crippen LogP contribution is 2.19. The molecule has 1 heterocycles. The molecule has 0 radical (unpaired) electrons. The fourth-order valence-corrected chi connectivity index (χ4v) is 2.57. The first kappa shape index (κ1) is 14.0. The van der Waals surface area contributed by atoms with E-state index in [1.165, 1.54) is 16.9 Å². The molecule has 0 bridgehead atoms. The minimum Gasteiger partial charge on any atom is -0.478 e. The Morgan fingerprint density at radius 2 is 2.10 bits per heavy atom. The number of carboxylic acids is 1. The van der Waals surface area contributed by atoms with Gasteiger partial charge in [-0.25, -0.2) is 17.6 Å². The zero-order valence-electron chi connectivity index (χ0n) is 10.2. The summed E-state index contributed by atoms with van der Waals surface area (Å²) in [5, 5.41) is 12.5. The first-order chi connectivity index (χ1) is 9.29. The van der Waals surface area contributed by atoms with Crippen LogP contribution in [-0.4, -0.2) is 29.3 Å². The first-order valence-electron chi connectivity index (χ1n) is 5.35. The van der Waals surface area contributed by atoms with Gasteiger partial charge in [0, 0.05) is 19.3 Å². The van der Waals surface area contributed by atoms with Crippen molar-refractivity contribution >= 4 is 21.8 Å². The highest BCUT2D eigenvalue weighted by Gasteiger charge is 2.21. The third-order valence-electron chi connectivity index (χ3n) is 2.42. The zero-order chi connectivity index (χ0) is 14.9. The number of aromatic nitrogens is 2. The number of aryl methyl sites for hydroxylation is 1. The van der Waals surface area contributed by atoms with Gasteiger partial charge in [-0.15, -0.1) is 0 Å². The van der Waals surface area contributed by atoms with Crippen LogP contribution in [0.2, 0.25) is 0 Å². The van der Waals surface area contributed by atoms with Gasteiger partial charge < -0.3 is 5.11 Å². The van der Waals surface area contributed by atoms with Gasteiger partial charge >= 0.3 is 5.97 Å². The average molecular weight is 299 g/mol. The van der Waals surface area contributed by atoms with E-state index in [1.807, 2.05) is 0 Å². The summed E-state index contributed by atoms with van der Waals surface area (Å²) in [6.45, 7) is 0. The van der Waals surface area contributed by atoms with Crippen molar-refractivity contribution in [1.29, 1.82) is 0 Å². The molecule has 9 heteroatoms. The molecule has 0 unspecified atom stereocenters. The van der Waals surface area contributed by atoms with E-state index >= 15 is 0 Å². The van der Waals surface area contributed by atoms with E-state index in [-0.39, 0.29) is 11.4 Å². The molecule has 1 aromatic heterocycles. The molecule has 2 N–H and O–H groups in total. The van der Waals surface area contributed by atoms with Crippen molar-refractivity contribution < 1.29 is 22.7 Å². The molecule has 0 amide bonds. The second kappa shape index (κ2) is 4.93. The first-order valence-corrected chi connectivity index (χ1v) is 6.83. The van der Waals surface area contributed by atoms with Gasteiger partial charge in [0.25, 0.3) is 10.0 Å². The summed E-state index contributed by atoms with van der Waals surface area (Å²) in [4.78, 5) is 10.0. The Morgan fingerprint density at radius 1 is 1.40 bits per heavy atom. The number of halogens is 1. The topological polar surface area (TPSA) is 101 Å². The third-order valence-corrected chi connectivity index (χ3v) is 3.81. The van der Waals surface area contributed by atoms with E-state index in [0.29, 0.717) is 6.07 Å². The van der Waals surface area contributed by atoms with Crippen LogP contribution in [0, 0.1) is 5.82 Å². The Balaban J connectivity index is 2.37. The largest absolute Gasteiger partial charge is 0.478 e. The molecule has 0 fully saturated rings. The van der Waals surface area contributed by atoms with Gasteiger partial charge in [-0.05, 0) is 18.2 Å². The van der Waals surface area contributed by atoms with Crippen LogP contribution < -0.4 is 4.72 Å². The number of carboxylic acid groups (broad SMARTS) is 1. The van der Waals surface area contributed by atoms with E-state index in [1.54, 1.807) is 7.05 Å². The fourth-order valence-electron chi connectivity index (χ4n) is 1.51. The number of hydrogen-bond acceptors (Lipinski definition) is 4. The molecule has 2 aromatic rings. The Morgan fingerprint density at radius 3 is 2.60 bits per heavy atom. The van der Waals surface area contributed by atoms with Crippen molar-refractivity contribution in [2.45, 2.75) is 4.90 Å². The molecule has 0 atom stereocenters. The van der Waals surface area contributed by atoms with E-state index < -0.39 is 26.7 Å². The normalized spacial score (nSPS) is 11.3. The van der Waals surface area contributed by atoms with Gasteiger partial charge in [0.1, 0.15) is 10.7 Å². The Labute approximate surface area is 113 Å². The van der Waals surface area contributed by atoms with Crippen LogP contribution >= 0.6 is 0 Å². The molecule has 20 heavy (non-hydrogen) atoms. The Bertz CT molecular complexity index is 770. The molecule has 0 saturated carbocycles. The van der Waals surface area contributed by atoms with Gasteiger partial charge in [-0.3, -0.25) is 9.40 Å². The van der Waals surface area contributed by atoms with Gasteiger partial charge in [-0.1, -0.05) is 0 Å². The molecule has 0 aliphatic rings. The standard InChI is InChI=1S/C11H10FN3O4S/c1-15-5-4-10(13-15)14-20(18,19)9-3-2-7(11(16)17)6-8(9)12/h2-6H,1H3,(H,13,14)(H,16,17). The maximum atomic E-state index is 13.7. The molecule has 0 saturated heterocycles. The summed E-state index contributed by atoms with van der Waals surface area (Å²) in [6.07, 6.45) is 1.52. The zero-order valence-corrected chi connectivity index (χ0v) is 11.1. The number of nitrogens with one attached hydrogen (secondary N) is 1. The second-order valence-corrected chi connectivity index (χ2v) is 5.58. The maximum Gasteiger partial charge on any atom is 0.335 e. The van der Waals surface area contributed by atoms with Crippen molar-refractivity contribution in [2.75, 3.05) is 4.72 Å². The second-order valence-electron chi connectivity index (χ2n) is 3.93. The van der Waals surface area contributed by atoms with Crippen molar-refractivity contribution in [3.8, 4) is 0 Å². The number of carbonyl (C=O) groups is 1. The third kappa shape index (κ3) is 2.77. The smallest absolute Gasteiger partial charge is 0.335 e. The predicted octanol–water partition coefficient (Wildman–Crippen LogP) is 1.06. The number of sulfonamides is 1. The van der Waals surface area contributed by atoms with Gasteiger partial charge in [0.15, 0.2) is 5.82 Å². The number of aromatic carboxylic acids is 1. The minimum atomic E-state index is -4.17. The number of hydrogen-bond donors (Lipinski definition) is 2. The molecule has 0 aliphatic carbocycles. The summed E-state index contributed by atoms with van der Waals surface area (Å²) in [5.41, 5.74) is -0.334. The van der Waals surface area contributed by atoms with Gasteiger partial charge in [-0.2, -0.15) is 5.10 Å². The lowest BCUT2D eigenvalue weighted by atomic mass is 10.2. The molecule has 106 valence electrons. The summed E-state index contributed by atoms with van der Waals surface area (Å²) < 4.78 is 41.1. The van der Waals surface area contributed by atoms with E-state index in [0.717, 1.165) is 12.1 Å². The van der Waals surface area contributed by atoms with Crippen LogP contribution in [0.3, 0.4) is 0 Å². The molecule has 2 rings (SSSR count). The number of rotatable bonds is 4. The quantitative estimate of drug-likeness (QED) is 0.879. The van der Waals surface area contributed by atoms with Crippen LogP contribution in [0.1, 0.15) is 10.4 Å². The van der Waals surface area contributed by atoms with Crippen LogP contribution in [0.4, 0.5) is 10.2 Å². The van der Waals surface area contributed by atoms with E-state index in [9.17, 15) is 17.6 Å². The lowest BCUT2D eigenvalue weighted by Gasteiger charge is -2.07. The predicted molar refractivity (Wildman–Crippen MR) is 67.4 cm³/mol.